The minimum absolute atomic E-state index is 0.393. The van der Waals surface area contributed by atoms with Crippen molar-refractivity contribution in [3.8, 4) is 0 Å². The molecule has 18 heavy (non-hydrogen) atoms. The summed E-state index contributed by atoms with van der Waals surface area (Å²) in [4.78, 5) is 0.393. The van der Waals surface area contributed by atoms with E-state index >= 15 is 0 Å². The molecule has 0 radical (unpaired) electrons. The average Bonchev–Trinajstić information content (AvgIpc) is 2.32. The molecule has 1 aromatic carbocycles. The van der Waals surface area contributed by atoms with E-state index in [2.05, 4.69) is 15.9 Å². The molecular weight excluding hydrogens is 314 g/mol. The Morgan fingerprint density at radius 3 is 2.61 bits per heavy atom. The van der Waals surface area contributed by atoms with Crippen molar-refractivity contribution in [1.82, 2.24) is 4.31 Å². The van der Waals surface area contributed by atoms with Gasteiger partial charge in [0.15, 0.2) is 0 Å². The molecule has 1 aromatic rings. The van der Waals surface area contributed by atoms with Crippen LogP contribution in [0.1, 0.15) is 18.9 Å². The molecule has 0 aromatic heterocycles. The lowest BCUT2D eigenvalue weighted by Crippen LogP contribution is -2.35. The minimum atomic E-state index is -3.38. The average molecular weight is 330 g/mol. The van der Waals surface area contributed by atoms with Gasteiger partial charge >= 0.3 is 0 Å². The maximum atomic E-state index is 12.5. The standard InChI is InChI=1S/C13H16BrNO2S/c1-10-5-7-15(8-6-10)18(16,17)13-9-12(14)4-3-11(13)2/h3-5,9H,6-8H2,1-2H3. The van der Waals surface area contributed by atoms with E-state index in [0.717, 1.165) is 16.5 Å². The SMILES string of the molecule is CC1=CCN(S(=O)(=O)c2cc(Br)ccc2C)CC1. The van der Waals surface area contributed by atoms with Crippen LogP contribution in [0, 0.1) is 6.92 Å². The van der Waals surface area contributed by atoms with E-state index < -0.39 is 10.0 Å². The zero-order valence-corrected chi connectivity index (χ0v) is 12.9. The second-order valence-corrected chi connectivity index (χ2v) is 7.40. The molecule has 0 amide bonds. The van der Waals surface area contributed by atoms with Gasteiger partial charge in [0.2, 0.25) is 10.0 Å². The quantitative estimate of drug-likeness (QED) is 0.782. The fourth-order valence-corrected chi connectivity index (χ4v) is 4.11. The fourth-order valence-electron chi connectivity index (χ4n) is 1.96. The zero-order chi connectivity index (χ0) is 13.3. The lowest BCUT2D eigenvalue weighted by molar-refractivity contribution is 0.431. The Bertz CT molecular complexity index is 593. The molecule has 0 saturated heterocycles. The molecule has 0 saturated carbocycles. The third kappa shape index (κ3) is 2.68. The van der Waals surface area contributed by atoms with Gasteiger partial charge in [0.1, 0.15) is 0 Å². The molecule has 1 aliphatic heterocycles. The fraction of sp³-hybridized carbons (Fsp3) is 0.385. The molecule has 0 fully saturated rings. The Morgan fingerprint density at radius 2 is 2.00 bits per heavy atom. The molecule has 3 nitrogen and oxygen atoms in total. The van der Waals surface area contributed by atoms with Crippen LogP contribution >= 0.6 is 15.9 Å². The highest BCUT2D eigenvalue weighted by atomic mass is 79.9. The molecule has 0 unspecified atom stereocenters. The summed E-state index contributed by atoms with van der Waals surface area (Å²) in [6, 6.07) is 5.35. The maximum absolute atomic E-state index is 12.5. The molecule has 0 atom stereocenters. The summed E-state index contributed by atoms with van der Waals surface area (Å²) in [6.07, 6.45) is 2.79. The molecule has 98 valence electrons. The van der Waals surface area contributed by atoms with Gasteiger partial charge in [-0.1, -0.05) is 33.6 Å². The Morgan fingerprint density at radius 1 is 1.28 bits per heavy atom. The van der Waals surface area contributed by atoms with Gasteiger partial charge in [-0.05, 0) is 38.0 Å². The van der Waals surface area contributed by atoms with Gasteiger partial charge in [0, 0.05) is 17.6 Å². The number of halogens is 1. The summed E-state index contributed by atoms with van der Waals surface area (Å²) in [6.45, 7) is 4.90. The van der Waals surface area contributed by atoms with E-state index in [0.29, 0.717) is 18.0 Å². The molecule has 0 spiro atoms. The molecule has 1 aliphatic rings. The number of hydrogen-bond donors (Lipinski definition) is 0. The molecule has 0 aliphatic carbocycles. The highest BCUT2D eigenvalue weighted by Crippen LogP contribution is 2.25. The van der Waals surface area contributed by atoms with Crippen molar-refractivity contribution in [2.75, 3.05) is 13.1 Å². The van der Waals surface area contributed by atoms with Crippen LogP contribution < -0.4 is 0 Å². The van der Waals surface area contributed by atoms with Gasteiger partial charge in [0.05, 0.1) is 4.90 Å². The highest BCUT2D eigenvalue weighted by Gasteiger charge is 2.26. The summed E-state index contributed by atoms with van der Waals surface area (Å²) in [5.41, 5.74) is 2.04. The normalized spacial score (nSPS) is 17.6. The third-order valence-electron chi connectivity index (χ3n) is 3.17. The van der Waals surface area contributed by atoms with Crippen molar-refractivity contribution < 1.29 is 8.42 Å². The number of nitrogens with zero attached hydrogens (tertiary/aromatic N) is 1. The summed E-state index contributed by atoms with van der Waals surface area (Å²) >= 11 is 3.33. The summed E-state index contributed by atoms with van der Waals surface area (Å²) in [7, 11) is -3.38. The first-order chi connectivity index (χ1) is 8.41. The van der Waals surface area contributed by atoms with Crippen LogP contribution in [-0.2, 0) is 10.0 Å². The number of hydrogen-bond acceptors (Lipinski definition) is 2. The number of rotatable bonds is 2. The molecule has 0 N–H and O–H groups in total. The number of benzene rings is 1. The first-order valence-electron chi connectivity index (χ1n) is 5.83. The maximum Gasteiger partial charge on any atom is 0.243 e. The van der Waals surface area contributed by atoms with E-state index in [9.17, 15) is 8.42 Å². The second kappa shape index (κ2) is 5.15. The number of sulfonamides is 1. The first-order valence-corrected chi connectivity index (χ1v) is 8.06. The second-order valence-electron chi connectivity index (χ2n) is 4.57. The van der Waals surface area contributed by atoms with Crippen LogP contribution in [0.4, 0.5) is 0 Å². The van der Waals surface area contributed by atoms with Crippen molar-refractivity contribution >= 4 is 26.0 Å². The van der Waals surface area contributed by atoms with E-state index in [-0.39, 0.29) is 0 Å². The predicted octanol–water partition coefficient (Wildman–Crippen LogP) is 3.10. The summed E-state index contributed by atoms with van der Waals surface area (Å²) < 4.78 is 27.4. The lowest BCUT2D eigenvalue weighted by atomic mass is 10.1. The Labute approximate surface area is 117 Å². The highest BCUT2D eigenvalue weighted by molar-refractivity contribution is 9.10. The van der Waals surface area contributed by atoms with Crippen molar-refractivity contribution in [3.63, 3.8) is 0 Å². The van der Waals surface area contributed by atoms with E-state index in [1.807, 2.05) is 32.1 Å². The van der Waals surface area contributed by atoms with Crippen LogP contribution in [0.3, 0.4) is 0 Å². The van der Waals surface area contributed by atoms with Crippen molar-refractivity contribution in [3.05, 3.63) is 39.9 Å². The largest absolute Gasteiger partial charge is 0.243 e. The first kappa shape index (κ1) is 13.8. The molecule has 2 rings (SSSR count). The van der Waals surface area contributed by atoms with Gasteiger partial charge in [0.25, 0.3) is 0 Å². The van der Waals surface area contributed by atoms with Gasteiger partial charge in [-0.3, -0.25) is 0 Å². The molecule has 0 bridgehead atoms. The number of aryl methyl sites for hydroxylation is 1. The molecular formula is C13H16BrNO2S. The van der Waals surface area contributed by atoms with Crippen molar-refractivity contribution in [2.24, 2.45) is 0 Å². The summed E-state index contributed by atoms with van der Waals surface area (Å²) in [5.74, 6) is 0. The van der Waals surface area contributed by atoms with Gasteiger partial charge < -0.3 is 0 Å². The van der Waals surface area contributed by atoms with Gasteiger partial charge in [-0.25, -0.2) is 8.42 Å². The van der Waals surface area contributed by atoms with Gasteiger partial charge in [-0.2, -0.15) is 4.31 Å². The van der Waals surface area contributed by atoms with E-state index in [1.165, 1.54) is 9.88 Å². The Kier molecular flexibility index (Phi) is 3.94. The van der Waals surface area contributed by atoms with Crippen LogP contribution in [0.2, 0.25) is 0 Å². The van der Waals surface area contributed by atoms with E-state index in [4.69, 9.17) is 0 Å². The van der Waals surface area contributed by atoms with Gasteiger partial charge in [-0.15, -0.1) is 0 Å². The Hall–Kier alpha value is -0.650. The zero-order valence-electron chi connectivity index (χ0n) is 10.5. The van der Waals surface area contributed by atoms with Crippen molar-refractivity contribution in [1.29, 1.82) is 0 Å². The minimum Gasteiger partial charge on any atom is -0.207 e. The molecule has 5 heteroatoms. The Balaban J connectivity index is 2.40. The topological polar surface area (TPSA) is 37.4 Å². The van der Waals surface area contributed by atoms with Crippen LogP contribution in [0.5, 0.6) is 0 Å². The van der Waals surface area contributed by atoms with Crippen LogP contribution in [0.15, 0.2) is 39.2 Å². The van der Waals surface area contributed by atoms with E-state index in [1.54, 1.807) is 6.07 Å². The third-order valence-corrected chi connectivity index (χ3v) is 5.67. The predicted molar refractivity (Wildman–Crippen MR) is 76.0 cm³/mol. The van der Waals surface area contributed by atoms with Crippen molar-refractivity contribution in [2.45, 2.75) is 25.2 Å². The summed E-state index contributed by atoms with van der Waals surface area (Å²) in [5, 5.41) is 0. The monoisotopic (exact) mass is 329 g/mol. The van der Waals surface area contributed by atoms with Crippen LogP contribution in [0.25, 0.3) is 0 Å². The smallest absolute Gasteiger partial charge is 0.207 e. The lowest BCUT2D eigenvalue weighted by Gasteiger charge is -2.25. The van der Waals surface area contributed by atoms with Crippen LogP contribution in [-0.4, -0.2) is 25.8 Å². The molecule has 1 heterocycles.